The number of pyridine rings is 2. The SMILES string of the molecule is Cc1noc(C)c1-c1cncc(-c2nc(NCc3ccccn3)c3c(-c4ccccc4)cccc3n2)c1. The summed E-state index contributed by atoms with van der Waals surface area (Å²) in [7, 11) is 0. The first-order valence-corrected chi connectivity index (χ1v) is 12.1. The van der Waals surface area contributed by atoms with Gasteiger partial charge in [-0.3, -0.25) is 9.97 Å². The van der Waals surface area contributed by atoms with Crippen LogP contribution in [0.3, 0.4) is 0 Å². The van der Waals surface area contributed by atoms with Gasteiger partial charge in [0, 0.05) is 35.3 Å². The zero-order valence-electron chi connectivity index (χ0n) is 20.5. The Kier molecular flexibility index (Phi) is 5.86. The summed E-state index contributed by atoms with van der Waals surface area (Å²) < 4.78 is 5.38. The third kappa shape index (κ3) is 4.43. The second kappa shape index (κ2) is 9.62. The molecule has 1 N–H and O–H groups in total. The molecule has 0 aliphatic heterocycles. The van der Waals surface area contributed by atoms with E-state index in [4.69, 9.17) is 14.5 Å². The summed E-state index contributed by atoms with van der Waals surface area (Å²) >= 11 is 0. The summed E-state index contributed by atoms with van der Waals surface area (Å²) in [6.45, 7) is 4.36. The molecule has 6 rings (SSSR count). The number of hydrogen-bond acceptors (Lipinski definition) is 7. The van der Waals surface area contributed by atoms with Gasteiger partial charge < -0.3 is 9.84 Å². The molecule has 7 heteroatoms. The fraction of sp³-hybridized carbons (Fsp3) is 0.100. The van der Waals surface area contributed by atoms with Crippen LogP contribution >= 0.6 is 0 Å². The molecule has 0 bridgehead atoms. The number of anilines is 1. The van der Waals surface area contributed by atoms with E-state index in [1.807, 2.05) is 74.6 Å². The Morgan fingerprint density at radius 1 is 0.811 bits per heavy atom. The van der Waals surface area contributed by atoms with Gasteiger partial charge in [0.2, 0.25) is 0 Å². The molecule has 0 unspecified atom stereocenters. The number of benzene rings is 2. The van der Waals surface area contributed by atoms with Crippen molar-refractivity contribution < 1.29 is 4.52 Å². The summed E-state index contributed by atoms with van der Waals surface area (Å²) in [6.07, 6.45) is 5.39. The largest absolute Gasteiger partial charge is 0.364 e. The van der Waals surface area contributed by atoms with Crippen LogP contribution in [0.4, 0.5) is 5.82 Å². The van der Waals surface area contributed by atoms with Crippen molar-refractivity contribution in [3.05, 3.63) is 109 Å². The maximum atomic E-state index is 5.38. The lowest BCUT2D eigenvalue weighted by molar-refractivity contribution is 0.393. The molecule has 0 saturated carbocycles. The predicted octanol–water partition coefficient (Wildman–Crippen LogP) is 6.64. The summed E-state index contributed by atoms with van der Waals surface area (Å²) in [5.74, 6) is 2.08. The normalized spacial score (nSPS) is 11.1. The third-order valence-electron chi connectivity index (χ3n) is 6.29. The highest BCUT2D eigenvalue weighted by atomic mass is 16.5. The van der Waals surface area contributed by atoms with Gasteiger partial charge in [-0.05, 0) is 49.2 Å². The fourth-order valence-electron chi connectivity index (χ4n) is 4.57. The van der Waals surface area contributed by atoms with Crippen LogP contribution in [0.15, 0.2) is 95.9 Å². The van der Waals surface area contributed by atoms with Gasteiger partial charge in [0.1, 0.15) is 11.6 Å². The van der Waals surface area contributed by atoms with Gasteiger partial charge in [-0.2, -0.15) is 0 Å². The molecular formula is C30H24N6O. The Labute approximate surface area is 214 Å². The second-order valence-electron chi connectivity index (χ2n) is 8.80. The van der Waals surface area contributed by atoms with Gasteiger partial charge >= 0.3 is 0 Å². The van der Waals surface area contributed by atoms with Gasteiger partial charge in [-0.25, -0.2) is 9.97 Å². The molecule has 4 heterocycles. The second-order valence-corrected chi connectivity index (χ2v) is 8.80. The summed E-state index contributed by atoms with van der Waals surface area (Å²) in [5.41, 5.74) is 7.43. The Morgan fingerprint density at radius 3 is 2.43 bits per heavy atom. The molecule has 6 aromatic rings. The number of aryl methyl sites for hydroxylation is 2. The highest BCUT2D eigenvalue weighted by Crippen LogP contribution is 2.35. The van der Waals surface area contributed by atoms with E-state index in [0.717, 1.165) is 61.7 Å². The van der Waals surface area contributed by atoms with Gasteiger partial charge in [-0.15, -0.1) is 0 Å². The van der Waals surface area contributed by atoms with E-state index in [1.165, 1.54) is 0 Å². The minimum Gasteiger partial charge on any atom is -0.364 e. The molecule has 0 saturated heterocycles. The summed E-state index contributed by atoms with van der Waals surface area (Å²) in [6, 6.07) is 24.4. The molecule has 7 nitrogen and oxygen atoms in total. The first-order chi connectivity index (χ1) is 18.2. The standard InChI is InChI=1S/C30H24N6O/c1-19-27(20(2)37-36-19)22-15-23(17-31-16-22)29-34-26-13-8-12-25(21-9-4-3-5-10-21)28(26)30(35-29)33-18-24-11-6-7-14-32-24/h3-17H,18H2,1-2H3,(H,33,34,35). The average Bonchev–Trinajstić information content (AvgIpc) is 3.29. The van der Waals surface area contributed by atoms with E-state index in [9.17, 15) is 0 Å². The Hall–Kier alpha value is -4.91. The molecule has 2 aromatic carbocycles. The lowest BCUT2D eigenvalue weighted by Gasteiger charge is -2.14. The van der Waals surface area contributed by atoms with Crippen molar-refractivity contribution in [1.82, 2.24) is 25.1 Å². The van der Waals surface area contributed by atoms with Gasteiger partial charge in [0.15, 0.2) is 5.82 Å². The van der Waals surface area contributed by atoms with Crippen LogP contribution in [0.25, 0.3) is 44.5 Å². The highest BCUT2D eigenvalue weighted by Gasteiger charge is 2.17. The third-order valence-corrected chi connectivity index (χ3v) is 6.29. The number of nitrogens with one attached hydrogen (secondary N) is 1. The van der Waals surface area contributed by atoms with E-state index in [2.05, 4.69) is 38.6 Å². The van der Waals surface area contributed by atoms with Crippen molar-refractivity contribution in [2.24, 2.45) is 0 Å². The summed E-state index contributed by atoms with van der Waals surface area (Å²) in [4.78, 5) is 18.9. The van der Waals surface area contributed by atoms with Crippen LogP contribution in [-0.4, -0.2) is 25.1 Å². The lowest BCUT2D eigenvalue weighted by atomic mass is 10.0. The first-order valence-electron chi connectivity index (χ1n) is 12.1. The zero-order chi connectivity index (χ0) is 25.2. The van der Waals surface area contributed by atoms with Crippen molar-refractivity contribution in [1.29, 1.82) is 0 Å². The van der Waals surface area contributed by atoms with Gasteiger partial charge in [0.25, 0.3) is 0 Å². The average molecular weight is 485 g/mol. The molecule has 0 fully saturated rings. The van der Waals surface area contributed by atoms with Crippen molar-refractivity contribution >= 4 is 16.7 Å². The van der Waals surface area contributed by atoms with Crippen molar-refractivity contribution in [2.45, 2.75) is 20.4 Å². The number of rotatable bonds is 6. The minimum absolute atomic E-state index is 0.535. The number of hydrogen-bond donors (Lipinski definition) is 1. The van der Waals surface area contributed by atoms with Gasteiger partial charge in [-0.1, -0.05) is 53.7 Å². The maximum Gasteiger partial charge on any atom is 0.163 e. The van der Waals surface area contributed by atoms with E-state index in [1.54, 1.807) is 12.4 Å². The smallest absolute Gasteiger partial charge is 0.163 e. The molecule has 0 amide bonds. The highest BCUT2D eigenvalue weighted by molar-refractivity contribution is 6.02. The zero-order valence-corrected chi connectivity index (χ0v) is 20.5. The van der Waals surface area contributed by atoms with Crippen LogP contribution in [-0.2, 0) is 6.54 Å². The van der Waals surface area contributed by atoms with E-state index >= 15 is 0 Å². The van der Waals surface area contributed by atoms with E-state index in [-0.39, 0.29) is 0 Å². The van der Waals surface area contributed by atoms with Gasteiger partial charge in [0.05, 0.1) is 28.8 Å². The molecule has 0 atom stereocenters. The Morgan fingerprint density at radius 2 is 1.65 bits per heavy atom. The van der Waals surface area contributed by atoms with Crippen LogP contribution in [0.2, 0.25) is 0 Å². The number of fused-ring (bicyclic) bond motifs is 1. The van der Waals surface area contributed by atoms with Crippen molar-refractivity contribution in [3.63, 3.8) is 0 Å². The number of aromatic nitrogens is 5. The van der Waals surface area contributed by atoms with E-state index < -0.39 is 0 Å². The molecule has 0 spiro atoms. The molecule has 180 valence electrons. The van der Waals surface area contributed by atoms with Crippen LogP contribution < -0.4 is 5.32 Å². The predicted molar refractivity (Wildman–Crippen MR) is 145 cm³/mol. The van der Waals surface area contributed by atoms with Crippen molar-refractivity contribution in [3.8, 4) is 33.6 Å². The monoisotopic (exact) mass is 484 g/mol. The number of nitrogens with zero attached hydrogens (tertiary/aromatic N) is 5. The van der Waals surface area contributed by atoms with E-state index in [0.29, 0.717) is 12.4 Å². The Balaban J connectivity index is 1.51. The fourth-order valence-corrected chi connectivity index (χ4v) is 4.57. The quantitative estimate of drug-likeness (QED) is 0.283. The molecule has 0 radical (unpaired) electrons. The molecule has 4 aromatic heterocycles. The van der Waals surface area contributed by atoms with Crippen LogP contribution in [0.1, 0.15) is 17.1 Å². The maximum absolute atomic E-state index is 5.38. The molecule has 0 aliphatic rings. The van der Waals surface area contributed by atoms with Crippen molar-refractivity contribution in [2.75, 3.05) is 5.32 Å². The Bertz CT molecular complexity index is 1680. The first kappa shape index (κ1) is 22.5. The molecule has 37 heavy (non-hydrogen) atoms. The summed E-state index contributed by atoms with van der Waals surface area (Å²) in [5, 5.41) is 8.58. The molecular weight excluding hydrogens is 460 g/mol. The topological polar surface area (TPSA) is 89.6 Å². The minimum atomic E-state index is 0.535. The van der Waals surface area contributed by atoms with Crippen LogP contribution in [0.5, 0.6) is 0 Å². The lowest BCUT2D eigenvalue weighted by Crippen LogP contribution is -2.06. The molecule has 0 aliphatic carbocycles. The van der Waals surface area contributed by atoms with Crippen LogP contribution in [0, 0.1) is 13.8 Å².